The molecular weight excluding hydrogens is 459 g/mol. The standard InChI is InChI=1S/C27H29FN6O2/c1-35-23-13-7-20(8-14-23)19-34-27(29-30-31-34)26(24-5-3-4-6-25(24)36-2)33-17-15-32(16-18-33)22-11-9-21(28)10-12-22/h3-14,26H,15-19H2,1-2H3/t26-/m1/s1. The van der Waals surface area contributed by atoms with Crippen molar-refractivity contribution in [1.82, 2.24) is 25.1 Å². The van der Waals surface area contributed by atoms with Gasteiger partial charge in [-0.25, -0.2) is 9.07 Å². The lowest BCUT2D eigenvalue weighted by Crippen LogP contribution is -2.48. The monoisotopic (exact) mass is 488 g/mol. The maximum absolute atomic E-state index is 13.4. The molecule has 1 aromatic heterocycles. The van der Waals surface area contributed by atoms with Crippen molar-refractivity contribution in [3.63, 3.8) is 0 Å². The van der Waals surface area contributed by atoms with E-state index >= 15 is 0 Å². The van der Waals surface area contributed by atoms with E-state index in [2.05, 4.69) is 31.4 Å². The topological polar surface area (TPSA) is 68.5 Å². The number of rotatable bonds is 8. The van der Waals surface area contributed by atoms with Gasteiger partial charge in [0.2, 0.25) is 0 Å². The molecule has 1 fully saturated rings. The number of halogens is 1. The first kappa shape index (κ1) is 23.7. The van der Waals surface area contributed by atoms with Crippen molar-refractivity contribution in [1.29, 1.82) is 0 Å². The van der Waals surface area contributed by atoms with Crippen molar-refractivity contribution in [3.8, 4) is 11.5 Å². The second kappa shape index (κ2) is 10.7. The summed E-state index contributed by atoms with van der Waals surface area (Å²) >= 11 is 0. The molecule has 1 saturated heterocycles. The van der Waals surface area contributed by atoms with Crippen LogP contribution in [0.4, 0.5) is 10.1 Å². The van der Waals surface area contributed by atoms with Gasteiger partial charge in [-0.05, 0) is 58.5 Å². The lowest BCUT2D eigenvalue weighted by atomic mass is 10.0. The Morgan fingerprint density at radius 3 is 2.28 bits per heavy atom. The number of hydrogen-bond acceptors (Lipinski definition) is 7. The molecule has 36 heavy (non-hydrogen) atoms. The van der Waals surface area contributed by atoms with E-state index in [-0.39, 0.29) is 11.9 Å². The zero-order chi connectivity index (χ0) is 24.9. The van der Waals surface area contributed by atoms with Crippen molar-refractivity contribution < 1.29 is 13.9 Å². The van der Waals surface area contributed by atoms with Gasteiger partial charge in [-0.2, -0.15) is 0 Å². The molecule has 8 nitrogen and oxygen atoms in total. The molecule has 0 bridgehead atoms. The maximum atomic E-state index is 13.4. The van der Waals surface area contributed by atoms with Gasteiger partial charge < -0.3 is 14.4 Å². The minimum Gasteiger partial charge on any atom is -0.497 e. The molecular formula is C27H29FN6O2. The highest BCUT2D eigenvalue weighted by atomic mass is 19.1. The van der Waals surface area contributed by atoms with Crippen LogP contribution < -0.4 is 14.4 Å². The van der Waals surface area contributed by atoms with E-state index < -0.39 is 0 Å². The van der Waals surface area contributed by atoms with Crippen LogP contribution in [0.1, 0.15) is 23.0 Å². The van der Waals surface area contributed by atoms with Crippen LogP contribution in [0.25, 0.3) is 0 Å². The molecule has 1 atom stereocenters. The van der Waals surface area contributed by atoms with Crippen LogP contribution in [-0.4, -0.2) is 65.5 Å². The molecule has 0 amide bonds. The van der Waals surface area contributed by atoms with E-state index in [0.29, 0.717) is 6.54 Å². The van der Waals surface area contributed by atoms with Crippen molar-refractivity contribution >= 4 is 5.69 Å². The molecule has 0 radical (unpaired) electrons. The van der Waals surface area contributed by atoms with E-state index in [4.69, 9.17) is 9.47 Å². The average Bonchev–Trinajstić information content (AvgIpc) is 3.38. The largest absolute Gasteiger partial charge is 0.497 e. The zero-order valence-electron chi connectivity index (χ0n) is 20.4. The number of methoxy groups -OCH3 is 2. The number of hydrogen-bond donors (Lipinski definition) is 0. The number of anilines is 1. The van der Waals surface area contributed by atoms with Crippen LogP contribution in [0.15, 0.2) is 72.8 Å². The lowest BCUT2D eigenvalue weighted by molar-refractivity contribution is 0.198. The van der Waals surface area contributed by atoms with Crippen molar-refractivity contribution in [2.24, 2.45) is 0 Å². The first-order valence-corrected chi connectivity index (χ1v) is 11.9. The quantitative estimate of drug-likeness (QED) is 0.374. The first-order valence-electron chi connectivity index (χ1n) is 11.9. The van der Waals surface area contributed by atoms with E-state index in [1.165, 1.54) is 12.1 Å². The van der Waals surface area contributed by atoms with Gasteiger partial charge in [-0.1, -0.05) is 30.3 Å². The number of benzene rings is 3. The molecule has 0 unspecified atom stereocenters. The van der Waals surface area contributed by atoms with Gasteiger partial charge in [0.25, 0.3) is 0 Å². The van der Waals surface area contributed by atoms with Gasteiger partial charge in [-0.3, -0.25) is 4.90 Å². The summed E-state index contributed by atoms with van der Waals surface area (Å²) in [7, 11) is 3.34. The number of tetrazole rings is 1. The Morgan fingerprint density at radius 2 is 1.58 bits per heavy atom. The SMILES string of the molecule is COc1ccc(Cn2nnnc2[C@@H](c2ccccc2OC)N2CCN(c3ccc(F)cc3)CC2)cc1. The van der Waals surface area contributed by atoms with Crippen LogP contribution in [-0.2, 0) is 6.54 Å². The number of piperazine rings is 1. The molecule has 5 rings (SSSR count). The summed E-state index contributed by atoms with van der Waals surface area (Å²) in [5, 5.41) is 12.9. The highest BCUT2D eigenvalue weighted by molar-refractivity contribution is 5.47. The van der Waals surface area contributed by atoms with E-state index in [0.717, 1.165) is 60.3 Å². The molecule has 186 valence electrons. The van der Waals surface area contributed by atoms with Gasteiger partial charge in [0, 0.05) is 37.4 Å². The van der Waals surface area contributed by atoms with Crippen LogP contribution in [0, 0.1) is 5.82 Å². The fourth-order valence-corrected chi connectivity index (χ4v) is 4.71. The lowest BCUT2D eigenvalue weighted by Gasteiger charge is -2.40. The van der Waals surface area contributed by atoms with Gasteiger partial charge >= 0.3 is 0 Å². The smallest absolute Gasteiger partial charge is 0.173 e. The molecule has 0 N–H and O–H groups in total. The molecule has 4 aromatic rings. The van der Waals surface area contributed by atoms with E-state index in [9.17, 15) is 4.39 Å². The third-order valence-electron chi connectivity index (χ3n) is 6.60. The van der Waals surface area contributed by atoms with Gasteiger partial charge in [-0.15, -0.1) is 5.10 Å². The Morgan fingerprint density at radius 1 is 0.861 bits per heavy atom. The third kappa shape index (κ3) is 5.01. The van der Waals surface area contributed by atoms with Crippen LogP contribution >= 0.6 is 0 Å². The zero-order valence-corrected chi connectivity index (χ0v) is 20.4. The van der Waals surface area contributed by atoms with E-state index in [1.807, 2.05) is 59.3 Å². The third-order valence-corrected chi connectivity index (χ3v) is 6.60. The summed E-state index contributed by atoms with van der Waals surface area (Å²) in [4.78, 5) is 4.66. The normalized spacial score (nSPS) is 15.0. The Labute approximate surface area is 209 Å². The summed E-state index contributed by atoms with van der Waals surface area (Å²) in [5.41, 5.74) is 3.11. The molecule has 9 heteroatoms. The minimum atomic E-state index is -0.225. The predicted molar refractivity (Wildman–Crippen MR) is 135 cm³/mol. The van der Waals surface area contributed by atoms with Crippen LogP contribution in [0.3, 0.4) is 0 Å². The molecule has 0 aliphatic carbocycles. The van der Waals surface area contributed by atoms with Gasteiger partial charge in [0.1, 0.15) is 23.4 Å². The molecule has 1 aliphatic rings. The van der Waals surface area contributed by atoms with Crippen molar-refractivity contribution in [2.45, 2.75) is 12.6 Å². The van der Waals surface area contributed by atoms with Crippen LogP contribution in [0.5, 0.6) is 11.5 Å². The highest BCUT2D eigenvalue weighted by Crippen LogP contribution is 2.35. The second-order valence-corrected chi connectivity index (χ2v) is 8.69. The minimum absolute atomic E-state index is 0.190. The molecule has 0 spiro atoms. The summed E-state index contributed by atoms with van der Waals surface area (Å²) in [6.45, 7) is 3.72. The number of para-hydroxylation sites is 1. The molecule has 1 aliphatic heterocycles. The molecule has 0 saturated carbocycles. The summed E-state index contributed by atoms with van der Waals surface area (Å²) < 4.78 is 26.3. The predicted octanol–water partition coefficient (Wildman–Crippen LogP) is 3.79. The average molecular weight is 489 g/mol. The number of ether oxygens (including phenoxy) is 2. The fourth-order valence-electron chi connectivity index (χ4n) is 4.71. The fraction of sp³-hybridized carbons (Fsp3) is 0.296. The Balaban J connectivity index is 1.44. The van der Waals surface area contributed by atoms with Gasteiger partial charge in [0.05, 0.1) is 20.8 Å². The maximum Gasteiger partial charge on any atom is 0.173 e. The highest BCUT2D eigenvalue weighted by Gasteiger charge is 2.32. The molecule has 3 aromatic carbocycles. The van der Waals surface area contributed by atoms with Gasteiger partial charge in [0.15, 0.2) is 5.82 Å². The Bertz CT molecular complexity index is 1270. The van der Waals surface area contributed by atoms with Crippen molar-refractivity contribution in [3.05, 3.63) is 95.6 Å². The second-order valence-electron chi connectivity index (χ2n) is 8.69. The first-order chi connectivity index (χ1) is 17.7. The summed E-state index contributed by atoms with van der Waals surface area (Å²) in [6, 6.07) is 22.4. The van der Waals surface area contributed by atoms with Crippen molar-refractivity contribution in [2.75, 3.05) is 45.3 Å². The number of aromatic nitrogens is 4. The summed E-state index contributed by atoms with van der Waals surface area (Å²) in [5.74, 6) is 2.13. The van der Waals surface area contributed by atoms with E-state index in [1.54, 1.807) is 14.2 Å². The van der Waals surface area contributed by atoms with Crippen LogP contribution in [0.2, 0.25) is 0 Å². The molecule has 2 heterocycles. The number of nitrogens with zero attached hydrogens (tertiary/aromatic N) is 6. The Kier molecular flexibility index (Phi) is 7.08. The Hall–Kier alpha value is -3.98. The summed E-state index contributed by atoms with van der Waals surface area (Å²) in [6.07, 6.45) is 0.